The largest absolute Gasteiger partial charge is 0.411 e. The average Bonchev–Trinajstić information content (AvgIpc) is 3.32. The monoisotopic (exact) mass is 417 g/mol. The van der Waals surface area contributed by atoms with Gasteiger partial charge in [-0.3, -0.25) is 4.79 Å². The molecule has 1 aliphatic rings. The normalized spacial score (nSPS) is 12.7. The molecule has 0 N–H and O–H groups in total. The zero-order valence-corrected chi connectivity index (χ0v) is 17.6. The smallest absolute Gasteiger partial charge is 0.277 e. The lowest BCUT2D eigenvalue weighted by atomic mass is 10.1. The number of allylic oxidation sites excluding steroid dienone is 1. The van der Waals surface area contributed by atoms with E-state index >= 15 is 0 Å². The van der Waals surface area contributed by atoms with Gasteiger partial charge >= 0.3 is 0 Å². The maximum atomic E-state index is 12.9. The van der Waals surface area contributed by atoms with Crippen molar-refractivity contribution >= 4 is 28.9 Å². The highest BCUT2D eigenvalue weighted by molar-refractivity contribution is 7.99. The van der Waals surface area contributed by atoms with Crippen LogP contribution in [0.5, 0.6) is 0 Å². The molecule has 1 aromatic heterocycles. The van der Waals surface area contributed by atoms with Gasteiger partial charge in [0.25, 0.3) is 5.22 Å². The number of carbonyl (C=O) groups is 1. The minimum absolute atomic E-state index is 0.0276. The maximum absolute atomic E-state index is 12.9. The minimum Gasteiger partial charge on any atom is -0.411 e. The van der Waals surface area contributed by atoms with Gasteiger partial charge in [0.2, 0.25) is 5.89 Å². The number of ketones is 1. The summed E-state index contributed by atoms with van der Waals surface area (Å²) in [5.74, 6) is 0.711. The van der Waals surface area contributed by atoms with Gasteiger partial charge in [-0.05, 0) is 30.7 Å². The Bertz CT molecular complexity index is 1160. The number of para-hydroxylation sites is 2. The third-order valence-electron chi connectivity index (χ3n) is 4.96. The van der Waals surface area contributed by atoms with Crippen LogP contribution in [0.1, 0.15) is 5.56 Å². The molecule has 7 nitrogen and oxygen atoms in total. The Balaban J connectivity index is 1.53. The minimum atomic E-state index is -0.292. The molecule has 0 fully saturated rings. The van der Waals surface area contributed by atoms with Crippen LogP contribution in [0.25, 0.3) is 11.5 Å². The quantitative estimate of drug-likeness (QED) is 0.349. The Labute approximate surface area is 178 Å². The second-order valence-corrected chi connectivity index (χ2v) is 7.74. The van der Waals surface area contributed by atoms with Gasteiger partial charge in [-0.25, -0.2) is 0 Å². The lowest BCUT2D eigenvalue weighted by molar-refractivity contribution is -0.112. The molecule has 0 amide bonds. The number of nitrogens with zero attached hydrogens (tertiary/aromatic N) is 5. The first-order valence-electron chi connectivity index (χ1n) is 9.27. The lowest BCUT2D eigenvalue weighted by Gasteiger charge is -2.19. The summed E-state index contributed by atoms with van der Waals surface area (Å²) in [6.45, 7) is 1.97. The Kier molecular flexibility index (Phi) is 5.29. The Morgan fingerprint density at radius 1 is 1.07 bits per heavy atom. The van der Waals surface area contributed by atoms with E-state index < -0.39 is 0 Å². The number of fused-ring (bicyclic) bond motifs is 1. The fourth-order valence-electron chi connectivity index (χ4n) is 3.45. The number of carbonyl (C=O) groups excluding carboxylic acids is 1. The van der Waals surface area contributed by atoms with Crippen molar-refractivity contribution in [3.63, 3.8) is 0 Å². The third kappa shape index (κ3) is 3.44. The molecule has 30 heavy (non-hydrogen) atoms. The lowest BCUT2D eigenvalue weighted by Crippen LogP contribution is -2.26. The van der Waals surface area contributed by atoms with Crippen molar-refractivity contribution in [3.8, 4) is 17.5 Å². The van der Waals surface area contributed by atoms with Crippen LogP contribution in [-0.4, -0.2) is 35.8 Å². The number of anilines is 2. The summed E-state index contributed by atoms with van der Waals surface area (Å²) in [4.78, 5) is 16.6. The number of rotatable bonds is 5. The van der Waals surface area contributed by atoms with Gasteiger partial charge in [0, 0.05) is 19.7 Å². The topological polar surface area (TPSA) is 86.3 Å². The maximum Gasteiger partial charge on any atom is 0.277 e. The van der Waals surface area contributed by atoms with Crippen LogP contribution >= 0.6 is 11.8 Å². The number of benzene rings is 2. The highest BCUT2D eigenvalue weighted by Crippen LogP contribution is 2.40. The predicted octanol–water partition coefficient (Wildman–Crippen LogP) is 4.03. The van der Waals surface area contributed by atoms with Gasteiger partial charge in [0.1, 0.15) is 17.5 Å². The van der Waals surface area contributed by atoms with E-state index in [1.54, 1.807) is 0 Å². The molecular formula is C22H19N5O2S. The van der Waals surface area contributed by atoms with Crippen LogP contribution in [0.4, 0.5) is 11.4 Å². The zero-order chi connectivity index (χ0) is 21.3. The third-order valence-corrected chi connectivity index (χ3v) is 5.78. The molecule has 0 radical (unpaired) electrons. The first kappa shape index (κ1) is 19.7. The summed E-state index contributed by atoms with van der Waals surface area (Å²) in [7, 11) is 3.70. The van der Waals surface area contributed by atoms with Crippen molar-refractivity contribution in [1.29, 1.82) is 5.26 Å². The molecule has 0 spiro atoms. The van der Waals surface area contributed by atoms with E-state index in [-0.39, 0.29) is 17.1 Å². The summed E-state index contributed by atoms with van der Waals surface area (Å²) in [5, 5.41) is 18.1. The highest BCUT2D eigenvalue weighted by Gasteiger charge is 2.31. The number of Topliss-reactive ketones (excluding diaryl/α,β-unsaturated/α-hetero) is 1. The molecule has 2 aromatic carbocycles. The van der Waals surface area contributed by atoms with Crippen LogP contribution in [0.2, 0.25) is 0 Å². The van der Waals surface area contributed by atoms with E-state index in [0.717, 1.165) is 34.3 Å². The molecule has 0 saturated heterocycles. The average molecular weight is 417 g/mol. The van der Waals surface area contributed by atoms with Gasteiger partial charge in [-0.15, -0.1) is 10.2 Å². The van der Waals surface area contributed by atoms with Crippen molar-refractivity contribution in [3.05, 3.63) is 65.5 Å². The van der Waals surface area contributed by atoms with Gasteiger partial charge in [-0.2, -0.15) is 5.26 Å². The second kappa shape index (κ2) is 8.05. The molecule has 0 bridgehead atoms. The van der Waals surface area contributed by atoms with Gasteiger partial charge < -0.3 is 14.2 Å². The molecular weight excluding hydrogens is 398 g/mol. The first-order valence-corrected chi connectivity index (χ1v) is 10.3. The zero-order valence-electron chi connectivity index (χ0n) is 16.8. The van der Waals surface area contributed by atoms with Crippen molar-refractivity contribution in [2.24, 2.45) is 0 Å². The summed E-state index contributed by atoms with van der Waals surface area (Å²) >= 11 is 1.13. The second-order valence-electron chi connectivity index (χ2n) is 6.82. The molecule has 0 saturated carbocycles. The number of nitriles is 1. The van der Waals surface area contributed by atoms with Gasteiger partial charge in [-0.1, -0.05) is 42.1 Å². The van der Waals surface area contributed by atoms with E-state index in [9.17, 15) is 10.1 Å². The number of thioether (sulfide) groups is 1. The summed E-state index contributed by atoms with van der Waals surface area (Å²) in [6, 6.07) is 17.6. The van der Waals surface area contributed by atoms with E-state index in [4.69, 9.17) is 4.42 Å². The molecule has 2 heterocycles. The molecule has 8 heteroatoms. The van der Waals surface area contributed by atoms with Crippen LogP contribution < -0.4 is 9.80 Å². The van der Waals surface area contributed by atoms with Gasteiger partial charge in [0.05, 0.1) is 17.1 Å². The fourth-order valence-corrected chi connectivity index (χ4v) is 4.08. The Morgan fingerprint density at radius 3 is 2.33 bits per heavy atom. The molecule has 0 atom stereocenters. The van der Waals surface area contributed by atoms with Crippen molar-refractivity contribution in [1.82, 2.24) is 10.2 Å². The number of hydrogen-bond donors (Lipinski definition) is 0. The highest BCUT2D eigenvalue weighted by atomic mass is 32.2. The van der Waals surface area contributed by atoms with E-state index in [1.165, 1.54) is 0 Å². The first-order chi connectivity index (χ1) is 14.5. The van der Waals surface area contributed by atoms with E-state index in [1.807, 2.05) is 79.3 Å². The van der Waals surface area contributed by atoms with E-state index in [0.29, 0.717) is 16.9 Å². The molecule has 3 aromatic rings. The number of aromatic nitrogens is 2. The van der Waals surface area contributed by atoms with Gasteiger partial charge in [0.15, 0.2) is 5.78 Å². The Hall–Kier alpha value is -3.57. The molecule has 1 aliphatic heterocycles. The van der Waals surface area contributed by atoms with Crippen LogP contribution in [0.15, 0.2) is 69.6 Å². The summed E-state index contributed by atoms with van der Waals surface area (Å²) in [6.07, 6.45) is 0. The molecule has 150 valence electrons. The number of aryl methyl sites for hydroxylation is 1. The molecule has 0 unspecified atom stereocenters. The van der Waals surface area contributed by atoms with Crippen molar-refractivity contribution < 1.29 is 9.21 Å². The molecule has 4 rings (SSSR count). The SMILES string of the molecule is Cc1ccccc1-c1nnc(SCC(=O)C(C#N)=C2N(C)c3ccccc3N2C)o1. The molecule has 0 aliphatic carbocycles. The van der Waals surface area contributed by atoms with Crippen LogP contribution in [-0.2, 0) is 4.79 Å². The number of hydrogen-bond acceptors (Lipinski definition) is 8. The van der Waals surface area contributed by atoms with Crippen molar-refractivity contribution in [2.75, 3.05) is 29.6 Å². The van der Waals surface area contributed by atoms with Crippen LogP contribution in [0, 0.1) is 18.3 Å². The predicted molar refractivity (Wildman–Crippen MR) is 116 cm³/mol. The fraction of sp³-hybridized carbons (Fsp3) is 0.182. The standard InChI is InChI=1S/C22H19N5O2S/c1-14-8-4-5-9-15(14)20-24-25-22(29-20)30-13-19(28)16(12-23)21-26(2)17-10-6-7-11-18(17)27(21)3/h4-11H,13H2,1-3H3. The Morgan fingerprint density at radius 2 is 1.70 bits per heavy atom. The van der Waals surface area contributed by atoms with E-state index in [2.05, 4.69) is 16.3 Å². The van der Waals surface area contributed by atoms with Crippen molar-refractivity contribution in [2.45, 2.75) is 12.1 Å². The summed E-state index contributed by atoms with van der Waals surface area (Å²) < 4.78 is 5.70. The summed E-state index contributed by atoms with van der Waals surface area (Å²) in [5.41, 5.74) is 3.88. The van der Waals surface area contributed by atoms with Crippen LogP contribution in [0.3, 0.4) is 0 Å².